The van der Waals surface area contributed by atoms with Crippen molar-refractivity contribution in [1.29, 1.82) is 0 Å². The van der Waals surface area contributed by atoms with E-state index in [4.69, 9.17) is 0 Å². The Labute approximate surface area is 166 Å². The number of rotatable bonds is 4. The minimum atomic E-state index is -0.222. The monoisotopic (exact) mass is 378 g/mol. The number of aliphatic imine (C=N–C) groups is 2. The molecule has 0 saturated carbocycles. The minimum absolute atomic E-state index is 0.222. The van der Waals surface area contributed by atoms with E-state index in [9.17, 15) is 4.39 Å². The van der Waals surface area contributed by atoms with Crippen molar-refractivity contribution in [3.05, 3.63) is 83.4 Å². The second-order valence-corrected chi connectivity index (χ2v) is 5.86. The molecular formula is C23H27FN4. The highest BCUT2D eigenvalue weighted by molar-refractivity contribution is 5.72. The molecule has 5 heteroatoms. The lowest BCUT2D eigenvalue weighted by Crippen LogP contribution is -1.86. The second kappa shape index (κ2) is 12.3. The molecule has 0 aliphatic heterocycles. The van der Waals surface area contributed by atoms with Crippen LogP contribution in [0, 0.1) is 19.7 Å². The van der Waals surface area contributed by atoms with Gasteiger partial charge in [-0.3, -0.25) is 15.0 Å². The fraction of sp³-hybridized carbons (Fsp3) is 0.174. The zero-order chi connectivity index (χ0) is 20.9. The predicted molar refractivity (Wildman–Crippen MR) is 118 cm³/mol. The van der Waals surface area contributed by atoms with Crippen molar-refractivity contribution in [3.8, 4) is 11.1 Å². The van der Waals surface area contributed by atoms with Crippen LogP contribution in [-0.4, -0.2) is 25.5 Å². The molecule has 0 amide bonds. The van der Waals surface area contributed by atoms with Gasteiger partial charge in [0.2, 0.25) is 0 Å². The Bertz CT molecular complexity index is 875. The molecule has 0 bridgehead atoms. The van der Waals surface area contributed by atoms with E-state index >= 15 is 0 Å². The molecule has 1 heterocycles. The lowest BCUT2D eigenvalue weighted by Gasteiger charge is -2.09. The molecule has 0 spiro atoms. The van der Waals surface area contributed by atoms with E-state index < -0.39 is 0 Å². The number of halogens is 1. The highest BCUT2D eigenvalue weighted by atomic mass is 19.1. The maximum atomic E-state index is 12.9. The molecule has 3 rings (SSSR count). The maximum absolute atomic E-state index is 12.9. The number of nitrogens with two attached hydrogens (primary N) is 1. The van der Waals surface area contributed by atoms with Crippen molar-refractivity contribution in [3.63, 3.8) is 0 Å². The number of benzene rings is 2. The van der Waals surface area contributed by atoms with Crippen LogP contribution in [0.15, 0.2) is 70.9 Å². The van der Waals surface area contributed by atoms with E-state index in [1.54, 1.807) is 24.5 Å². The molecule has 1 aromatic heterocycles. The Morgan fingerprint density at radius 2 is 1.68 bits per heavy atom. The van der Waals surface area contributed by atoms with Crippen LogP contribution >= 0.6 is 0 Å². The van der Waals surface area contributed by atoms with Gasteiger partial charge in [-0.05, 0) is 86.4 Å². The summed E-state index contributed by atoms with van der Waals surface area (Å²) in [4.78, 5) is 11.6. The highest BCUT2D eigenvalue weighted by Gasteiger charge is 2.06. The number of hydrogen-bond donors (Lipinski definition) is 1. The van der Waals surface area contributed by atoms with Gasteiger partial charge < -0.3 is 5.73 Å². The molecule has 28 heavy (non-hydrogen) atoms. The van der Waals surface area contributed by atoms with E-state index in [0.717, 1.165) is 33.5 Å². The topological polar surface area (TPSA) is 63.6 Å². The molecule has 0 radical (unpaired) electrons. The predicted octanol–water partition coefficient (Wildman–Crippen LogP) is 5.30. The van der Waals surface area contributed by atoms with Crippen molar-refractivity contribution in [2.75, 3.05) is 7.05 Å². The molecule has 0 aliphatic carbocycles. The number of pyridine rings is 1. The second-order valence-electron chi connectivity index (χ2n) is 5.86. The number of aromatic nitrogens is 1. The third kappa shape index (κ3) is 6.85. The van der Waals surface area contributed by atoms with E-state index in [1.165, 1.54) is 19.2 Å². The largest absolute Gasteiger partial charge is 0.333 e. The lowest BCUT2D eigenvalue weighted by atomic mass is 9.97. The van der Waals surface area contributed by atoms with Gasteiger partial charge in [0.1, 0.15) is 5.82 Å². The van der Waals surface area contributed by atoms with Gasteiger partial charge in [0.05, 0.1) is 12.2 Å². The molecule has 0 saturated heterocycles. The number of nitrogens with zero attached hydrogens (tertiary/aromatic N) is 3. The first-order valence-corrected chi connectivity index (χ1v) is 8.78. The van der Waals surface area contributed by atoms with Crippen molar-refractivity contribution in [2.45, 2.75) is 20.4 Å². The van der Waals surface area contributed by atoms with E-state index in [-0.39, 0.29) is 5.82 Å². The fourth-order valence-electron chi connectivity index (χ4n) is 2.57. The molecule has 2 N–H and O–H groups in total. The van der Waals surface area contributed by atoms with Crippen molar-refractivity contribution in [2.24, 2.45) is 15.7 Å². The van der Waals surface area contributed by atoms with E-state index in [1.807, 2.05) is 32.0 Å². The first kappa shape index (κ1) is 22.9. The fourth-order valence-corrected chi connectivity index (χ4v) is 2.57. The van der Waals surface area contributed by atoms with E-state index in [0.29, 0.717) is 6.54 Å². The van der Waals surface area contributed by atoms with Gasteiger partial charge in [-0.25, -0.2) is 4.39 Å². The van der Waals surface area contributed by atoms with Gasteiger partial charge in [0.25, 0.3) is 0 Å². The van der Waals surface area contributed by atoms with Gasteiger partial charge in [-0.1, -0.05) is 24.3 Å². The third-order valence-corrected chi connectivity index (χ3v) is 3.89. The Hall–Kier alpha value is -3.18. The molecule has 146 valence electrons. The molecule has 0 fully saturated rings. The first-order valence-electron chi connectivity index (χ1n) is 8.78. The van der Waals surface area contributed by atoms with Gasteiger partial charge in [-0.2, -0.15) is 0 Å². The van der Waals surface area contributed by atoms with Gasteiger partial charge in [0, 0.05) is 12.4 Å². The van der Waals surface area contributed by atoms with Crippen molar-refractivity contribution >= 4 is 19.1 Å². The van der Waals surface area contributed by atoms with Crippen LogP contribution in [0.2, 0.25) is 0 Å². The molecule has 3 aromatic rings. The highest BCUT2D eigenvalue weighted by Crippen LogP contribution is 2.30. The van der Waals surface area contributed by atoms with Crippen LogP contribution in [0.1, 0.15) is 16.7 Å². The third-order valence-electron chi connectivity index (χ3n) is 3.89. The van der Waals surface area contributed by atoms with Crippen molar-refractivity contribution in [1.82, 2.24) is 4.98 Å². The molecule has 0 atom stereocenters. The zero-order valence-corrected chi connectivity index (χ0v) is 16.7. The van der Waals surface area contributed by atoms with Crippen LogP contribution in [0.25, 0.3) is 11.1 Å². The summed E-state index contributed by atoms with van der Waals surface area (Å²) in [5.74, 6) is -0.222. The Morgan fingerprint density at radius 3 is 2.21 bits per heavy atom. The van der Waals surface area contributed by atoms with Crippen LogP contribution in [-0.2, 0) is 6.54 Å². The zero-order valence-electron chi connectivity index (χ0n) is 16.7. The summed E-state index contributed by atoms with van der Waals surface area (Å²) in [7, 11) is 1.50. The Morgan fingerprint density at radius 1 is 1.00 bits per heavy atom. The minimum Gasteiger partial charge on any atom is -0.333 e. The Balaban J connectivity index is 0.000000301. The molecule has 0 aliphatic rings. The average Bonchev–Trinajstić information content (AvgIpc) is 2.72. The quantitative estimate of drug-likeness (QED) is 0.626. The van der Waals surface area contributed by atoms with Gasteiger partial charge in [0.15, 0.2) is 0 Å². The molecule has 2 aromatic carbocycles. The summed E-state index contributed by atoms with van der Waals surface area (Å²) in [5, 5.41) is 0. The summed E-state index contributed by atoms with van der Waals surface area (Å²) in [5.41, 5.74) is 10.8. The van der Waals surface area contributed by atoms with E-state index in [2.05, 4.69) is 40.2 Å². The molecule has 4 nitrogen and oxygen atoms in total. The SMILES string of the molecule is C=NCc1cccnc1.C=Nc1cc(-c2ccc(F)cc2)c(C)cc1C.CN. The summed E-state index contributed by atoms with van der Waals surface area (Å²) < 4.78 is 12.9. The number of hydrogen-bond acceptors (Lipinski definition) is 4. The summed E-state index contributed by atoms with van der Waals surface area (Å²) in [6.45, 7) is 11.6. The molecular weight excluding hydrogens is 351 g/mol. The van der Waals surface area contributed by atoms with Crippen molar-refractivity contribution < 1.29 is 4.39 Å². The normalized spacial score (nSPS) is 9.32. The number of aryl methyl sites for hydroxylation is 2. The first-order chi connectivity index (χ1) is 13.5. The lowest BCUT2D eigenvalue weighted by molar-refractivity contribution is 0.628. The standard InChI is InChI=1S/C15H14FN.C7H8N2.CH5N/c1-10-8-11(2)15(17-3)9-14(10)12-4-6-13(16)7-5-12;1-8-5-7-3-2-4-9-6-7;1-2/h4-9H,3H2,1-2H3;2-4,6H,1,5H2;2H2,1H3. The Kier molecular flexibility index (Phi) is 10.0. The summed E-state index contributed by atoms with van der Waals surface area (Å²) >= 11 is 0. The van der Waals surface area contributed by atoms with Crippen LogP contribution in [0.5, 0.6) is 0 Å². The van der Waals surface area contributed by atoms with Crippen LogP contribution in [0.4, 0.5) is 10.1 Å². The maximum Gasteiger partial charge on any atom is 0.123 e. The van der Waals surface area contributed by atoms with Crippen LogP contribution in [0.3, 0.4) is 0 Å². The summed E-state index contributed by atoms with van der Waals surface area (Å²) in [6.07, 6.45) is 3.53. The average molecular weight is 378 g/mol. The van der Waals surface area contributed by atoms with Gasteiger partial charge in [-0.15, -0.1) is 0 Å². The summed E-state index contributed by atoms with van der Waals surface area (Å²) in [6, 6.07) is 14.4. The van der Waals surface area contributed by atoms with Gasteiger partial charge >= 0.3 is 0 Å². The van der Waals surface area contributed by atoms with Crippen LogP contribution < -0.4 is 5.73 Å². The molecule has 0 unspecified atom stereocenters. The smallest absolute Gasteiger partial charge is 0.123 e.